The second kappa shape index (κ2) is 10.7. The number of nitrogens with zero attached hydrogens (tertiary/aromatic N) is 2. The molecule has 244 valence electrons. The highest BCUT2D eigenvalue weighted by molar-refractivity contribution is 6.23. The Kier molecular flexibility index (Phi) is 6.01. The van der Waals surface area contributed by atoms with Crippen LogP contribution in [0.3, 0.4) is 0 Å². The molecule has 1 aliphatic carbocycles. The molecular weight excluding hydrogens is 633 g/mol. The van der Waals surface area contributed by atoms with E-state index in [1.165, 1.54) is 55.3 Å². The van der Waals surface area contributed by atoms with Crippen LogP contribution in [0.2, 0.25) is 0 Å². The average Bonchev–Trinajstić information content (AvgIpc) is 3.69. The molecular formula is C49H32N2O. The molecule has 0 atom stereocenters. The zero-order chi connectivity index (χ0) is 34.6. The van der Waals surface area contributed by atoms with Crippen molar-refractivity contribution in [3.63, 3.8) is 0 Å². The maximum absolute atomic E-state index is 6.40. The minimum atomic E-state index is -0.167. The van der Waals surface area contributed by atoms with Crippen LogP contribution in [-0.4, -0.2) is 9.97 Å². The molecule has 0 bridgehead atoms. The number of para-hydroxylation sites is 2. The maximum Gasteiger partial charge on any atom is 0.143 e. The van der Waals surface area contributed by atoms with Crippen LogP contribution < -0.4 is 0 Å². The first-order valence-corrected chi connectivity index (χ1v) is 17.9. The summed E-state index contributed by atoms with van der Waals surface area (Å²) in [5.41, 5.74) is 16.0. The fraction of sp³-hybridized carbons (Fsp3) is 0.0612. The summed E-state index contributed by atoms with van der Waals surface area (Å²) >= 11 is 0. The summed E-state index contributed by atoms with van der Waals surface area (Å²) in [6.07, 6.45) is 3.58. The van der Waals surface area contributed by atoms with Gasteiger partial charge in [-0.1, -0.05) is 129 Å². The third kappa shape index (κ3) is 4.14. The van der Waals surface area contributed by atoms with Gasteiger partial charge in [-0.05, 0) is 91.2 Å². The molecule has 52 heavy (non-hydrogen) atoms. The van der Waals surface area contributed by atoms with Crippen LogP contribution in [-0.2, 0) is 5.41 Å². The first-order valence-electron chi connectivity index (χ1n) is 17.9. The Labute approximate surface area is 300 Å². The highest BCUT2D eigenvalue weighted by atomic mass is 16.3. The Hall–Kier alpha value is -6.58. The molecule has 0 fully saturated rings. The predicted molar refractivity (Wildman–Crippen MR) is 216 cm³/mol. The molecule has 0 unspecified atom stereocenters. The van der Waals surface area contributed by atoms with Gasteiger partial charge in [-0.3, -0.25) is 9.97 Å². The van der Waals surface area contributed by atoms with Gasteiger partial charge >= 0.3 is 0 Å². The number of rotatable bonds is 3. The summed E-state index contributed by atoms with van der Waals surface area (Å²) in [5.74, 6) is 0. The Morgan fingerprint density at radius 1 is 0.404 bits per heavy atom. The molecule has 0 aliphatic heterocycles. The highest BCUT2D eigenvalue weighted by Crippen LogP contribution is 2.51. The van der Waals surface area contributed by atoms with E-state index in [9.17, 15) is 0 Å². The van der Waals surface area contributed by atoms with E-state index in [1.807, 2.05) is 12.1 Å². The van der Waals surface area contributed by atoms with Gasteiger partial charge < -0.3 is 4.42 Å². The Morgan fingerprint density at radius 3 is 1.73 bits per heavy atom. The molecule has 3 nitrogen and oxygen atoms in total. The van der Waals surface area contributed by atoms with Gasteiger partial charge in [-0.15, -0.1) is 0 Å². The lowest BCUT2D eigenvalue weighted by Crippen LogP contribution is -2.15. The molecule has 0 radical (unpaired) electrons. The van der Waals surface area contributed by atoms with Crippen LogP contribution in [0.4, 0.5) is 0 Å². The van der Waals surface area contributed by atoms with Crippen LogP contribution in [0, 0.1) is 0 Å². The summed E-state index contributed by atoms with van der Waals surface area (Å²) < 4.78 is 6.40. The number of hydrogen-bond acceptors (Lipinski definition) is 3. The Morgan fingerprint density at radius 2 is 0.962 bits per heavy atom. The van der Waals surface area contributed by atoms with Crippen molar-refractivity contribution in [2.24, 2.45) is 0 Å². The summed E-state index contributed by atoms with van der Waals surface area (Å²) in [4.78, 5) is 9.57. The molecule has 2 aromatic heterocycles. The van der Waals surface area contributed by atoms with Crippen molar-refractivity contribution in [1.82, 2.24) is 9.97 Å². The average molecular weight is 665 g/mol. The first-order chi connectivity index (χ1) is 25.5. The molecule has 0 amide bonds. The SMILES string of the molecule is CC1(C)c2cc(-c3cccc(-c4cccc5c4oc4ccccc45)c3)ccc2-c2ccc(-c3ccc4c5ccccc5c5nccnc5c4c3)cc21. The third-order valence-corrected chi connectivity index (χ3v) is 11.4. The van der Waals surface area contributed by atoms with E-state index in [0.29, 0.717) is 0 Å². The lowest BCUT2D eigenvalue weighted by atomic mass is 9.80. The van der Waals surface area contributed by atoms with E-state index in [4.69, 9.17) is 14.4 Å². The number of hydrogen-bond donors (Lipinski definition) is 0. The zero-order valence-electron chi connectivity index (χ0n) is 28.8. The van der Waals surface area contributed by atoms with E-state index < -0.39 is 0 Å². The predicted octanol–water partition coefficient (Wildman–Crippen LogP) is 13.1. The topological polar surface area (TPSA) is 38.9 Å². The standard InChI is InChI=1S/C49H32N2O/c1-49(2)43-27-31(29-9-7-10-33(25-29)34-14-8-15-41-39-12-5-6-16-45(39)52-48(34)41)18-21-37(43)38-22-19-32(28-44(38)49)30-17-20-36-35-11-3-4-13-40(35)46-47(42(36)26-30)51-24-23-50-46/h3-28H,1-2H3. The molecule has 0 N–H and O–H groups in total. The van der Waals surface area contributed by atoms with Crippen LogP contribution >= 0.6 is 0 Å². The lowest BCUT2D eigenvalue weighted by Gasteiger charge is -2.23. The van der Waals surface area contributed by atoms with Crippen molar-refractivity contribution < 1.29 is 4.42 Å². The third-order valence-electron chi connectivity index (χ3n) is 11.4. The van der Waals surface area contributed by atoms with Gasteiger partial charge in [0.25, 0.3) is 0 Å². The molecule has 11 rings (SSSR count). The number of furan rings is 1. The van der Waals surface area contributed by atoms with Crippen molar-refractivity contribution in [2.45, 2.75) is 19.3 Å². The largest absolute Gasteiger partial charge is 0.455 e. The molecule has 10 aromatic rings. The van der Waals surface area contributed by atoms with E-state index in [-0.39, 0.29) is 5.41 Å². The van der Waals surface area contributed by atoms with Crippen LogP contribution in [0.15, 0.2) is 162 Å². The molecule has 1 aliphatic rings. The number of fused-ring (bicyclic) bond motifs is 12. The van der Waals surface area contributed by atoms with Gasteiger partial charge in [-0.2, -0.15) is 0 Å². The van der Waals surface area contributed by atoms with Crippen LogP contribution in [0.25, 0.3) is 99.0 Å². The van der Waals surface area contributed by atoms with Crippen LogP contribution in [0.5, 0.6) is 0 Å². The minimum Gasteiger partial charge on any atom is -0.455 e. The van der Waals surface area contributed by atoms with E-state index in [0.717, 1.165) is 54.9 Å². The summed E-state index contributed by atoms with van der Waals surface area (Å²) in [6, 6.07) is 52.9. The molecule has 2 heterocycles. The van der Waals surface area contributed by atoms with Crippen molar-refractivity contribution >= 4 is 54.5 Å². The van der Waals surface area contributed by atoms with Gasteiger partial charge in [0.2, 0.25) is 0 Å². The molecule has 0 saturated heterocycles. The van der Waals surface area contributed by atoms with E-state index >= 15 is 0 Å². The minimum absolute atomic E-state index is 0.167. The summed E-state index contributed by atoms with van der Waals surface area (Å²) in [6.45, 7) is 4.72. The molecule has 3 heteroatoms. The van der Waals surface area contributed by atoms with Gasteiger partial charge in [0, 0.05) is 44.9 Å². The highest BCUT2D eigenvalue weighted by Gasteiger charge is 2.36. The fourth-order valence-electron chi connectivity index (χ4n) is 8.75. The van der Waals surface area contributed by atoms with Crippen molar-refractivity contribution in [2.75, 3.05) is 0 Å². The van der Waals surface area contributed by atoms with Gasteiger partial charge in [0.1, 0.15) is 11.2 Å². The normalized spacial score (nSPS) is 13.3. The van der Waals surface area contributed by atoms with Crippen molar-refractivity contribution in [1.29, 1.82) is 0 Å². The quantitative estimate of drug-likeness (QED) is 0.176. The van der Waals surface area contributed by atoms with Crippen molar-refractivity contribution in [3.8, 4) is 44.5 Å². The summed E-state index contributed by atoms with van der Waals surface area (Å²) in [7, 11) is 0. The lowest BCUT2D eigenvalue weighted by molar-refractivity contribution is 0.661. The fourth-order valence-corrected chi connectivity index (χ4v) is 8.75. The maximum atomic E-state index is 6.40. The monoisotopic (exact) mass is 664 g/mol. The second-order valence-corrected chi connectivity index (χ2v) is 14.6. The smallest absolute Gasteiger partial charge is 0.143 e. The molecule has 8 aromatic carbocycles. The van der Waals surface area contributed by atoms with Gasteiger partial charge in [0.05, 0.1) is 11.0 Å². The second-order valence-electron chi connectivity index (χ2n) is 14.6. The van der Waals surface area contributed by atoms with Gasteiger partial charge in [0.15, 0.2) is 0 Å². The molecule has 0 spiro atoms. The Balaban J connectivity index is 0.988. The summed E-state index contributed by atoms with van der Waals surface area (Å²) in [5, 5.41) is 6.97. The Bertz CT molecular complexity index is 3080. The molecule has 0 saturated carbocycles. The van der Waals surface area contributed by atoms with E-state index in [1.54, 1.807) is 12.4 Å². The number of benzene rings is 8. The van der Waals surface area contributed by atoms with E-state index in [2.05, 4.69) is 147 Å². The first kappa shape index (κ1) is 29.2. The zero-order valence-corrected chi connectivity index (χ0v) is 28.8. The van der Waals surface area contributed by atoms with Gasteiger partial charge in [-0.25, -0.2) is 0 Å². The number of aromatic nitrogens is 2. The van der Waals surface area contributed by atoms with Crippen LogP contribution in [0.1, 0.15) is 25.0 Å². The van der Waals surface area contributed by atoms with Crippen molar-refractivity contribution in [3.05, 3.63) is 169 Å².